The highest BCUT2D eigenvalue weighted by Crippen LogP contribution is 2.30. The number of nitrogens with zero attached hydrogens (tertiary/aromatic N) is 1. The van der Waals surface area contributed by atoms with Gasteiger partial charge in [0.15, 0.2) is 0 Å². The van der Waals surface area contributed by atoms with Crippen LogP contribution in [0.2, 0.25) is 0 Å². The Morgan fingerprint density at radius 1 is 0.933 bits per heavy atom. The highest BCUT2D eigenvalue weighted by molar-refractivity contribution is 6.39. The highest BCUT2D eigenvalue weighted by atomic mass is 19.4. The van der Waals surface area contributed by atoms with Crippen LogP contribution in [-0.4, -0.2) is 23.4 Å². The van der Waals surface area contributed by atoms with Crippen LogP contribution in [0.1, 0.15) is 24.5 Å². The van der Waals surface area contributed by atoms with E-state index in [1.807, 2.05) is 18.4 Å². The Balaban J connectivity index is 1.87. The van der Waals surface area contributed by atoms with Crippen LogP contribution in [-0.2, 0) is 20.6 Å². The Morgan fingerprint density at radius 2 is 1.57 bits per heavy atom. The second-order valence-electron chi connectivity index (χ2n) is 6.42. The van der Waals surface area contributed by atoms with Crippen LogP contribution in [0.4, 0.5) is 24.5 Å². The first kappa shape index (κ1) is 22.6. The second-order valence-corrected chi connectivity index (χ2v) is 6.42. The maximum atomic E-state index is 12.7. The van der Waals surface area contributed by atoms with Gasteiger partial charge in [-0.2, -0.15) is 18.3 Å². The molecule has 7 nitrogen and oxygen atoms in total. The summed E-state index contributed by atoms with van der Waals surface area (Å²) in [5.74, 6) is -2.60. The van der Waals surface area contributed by atoms with E-state index in [0.29, 0.717) is 5.69 Å². The lowest BCUT2D eigenvalue weighted by Crippen LogP contribution is -2.33. The number of hydrogen-bond acceptors (Lipinski definition) is 4. The fourth-order valence-corrected chi connectivity index (χ4v) is 2.36. The molecule has 0 unspecified atom stereocenters. The number of rotatable bonds is 5. The number of carbonyl (C=O) groups excluding carboxylic acids is 3. The molecule has 158 valence electrons. The minimum Gasteiger partial charge on any atom is -0.326 e. The molecular formula is C20H19F3N4O3. The Hall–Kier alpha value is -3.69. The van der Waals surface area contributed by atoms with Gasteiger partial charge in [-0.15, -0.1) is 0 Å². The molecule has 0 saturated heterocycles. The molecule has 0 bridgehead atoms. The van der Waals surface area contributed by atoms with Gasteiger partial charge in [0.25, 0.3) is 0 Å². The molecule has 10 heteroatoms. The number of benzene rings is 2. The summed E-state index contributed by atoms with van der Waals surface area (Å²) >= 11 is 0. The van der Waals surface area contributed by atoms with E-state index >= 15 is 0 Å². The summed E-state index contributed by atoms with van der Waals surface area (Å²) in [7, 11) is 0. The van der Waals surface area contributed by atoms with E-state index in [1.54, 1.807) is 18.2 Å². The van der Waals surface area contributed by atoms with Crippen molar-refractivity contribution < 1.29 is 27.6 Å². The van der Waals surface area contributed by atoms with Crippen molar-refractivity contribution in [2.24, 2.45) is 5.10 Å². The van der Waals surface area contributed by atoms with Gasteiger partial charge in [-0.1, -0.05) is 18.2 Å². The number of amides is 3. The van der Waals surface area contributed by atoms with Crippen molar-refractivity contribution in [3.63, 3.8) is 0 Å². The molecule has 0 saturated carbocycles. The smallest absolute Gasteiger partial charge is 0.326 e. The molecule has 2 aromatic carbocycles. The summed E-state index contributed by atoms with van der Waals surface area (Å²) in [6.07, 6.45) is -4.82. The summed E-state index contributed by atoms with van der Waals surface area (Å²) in [6.45, 7) is 3.25. The Kier molecular flexibility index (Phi) is 7.29. The molecule has 0 spiro atoms. The van der Waals surface area contributed by atoms with Gasteiger partial charge in [0.05, 0.1) is 12.0 Å². The fraction of sp³-hybridized carbons (Fsp3) is 0.200. The molecule has 2 aromatic rings. The van der Waals surface area contributed by atoms with Crippen LogP contribution in [0, 0.1) is 6.92 Å². The van der Waals surface area contributed by atoms with E-state index in [-0.39, 0.29) is 17.8 Å². The summed E-state index contributed by atoms with van der Waals surface area (Å²) < 4.78 is 38.1. The topological polar surface area (TPSA) is 99.7 Å². The molecule has 0 radical (unpaired) electrons. The predicted octanol–water partition coefficient (Wildman–Crippen LogP) is 3.47. The maximum Gasteiger partial charge on any atom is 0.416 e. The molecule has 0 aromatic heterocycles. The molecule has 0 aliphatic rings. The number of alkyl halides is 3. The third-order valence-electron chi connectivity index (χ3n) is 3.72. The molecule has 0 aliphatic heterocycles. The zero-order chi connectivity index (χ0) is 22.3. The van der Waals surface area contributed by atoms with Crippen molar-refractivity contribution in [2.45, 2.75) is 26.4 Å². The van der Waals surface area contributed by atoms with E-state index in [2.05, 4.69) is 15.7 Å². The maximum absolute atomic E-state index is 12.7. The number of carbonyl (C=O) groups is 3. The first-order chi connectivity index (χ1) is 14.0. The molecule has 30 heavy (non-hydrogen) atoms. The van der Waals surface area contributed by atoms with Crippen LogP contribution in [0.25, 0.3) is 0 Å². The average Bonchev–Trinajstić information content (AvgIpc) is 2.65. The van der Waals surface area contributed by atoms with Gasteiger partial charge in [-0.25, -0.2) is 5.43 Å². The minimum atomic E-state index is -4.53. The predicted molar refractivity (Wildman–Crippen MR) is 106 cm³/mol. The highest BCUT2D eigenvalue weighted by Gasteiger charge is 2.30. The SMILES string of the molecule is CC(CC(=O)Nc1cccc(C(F)(F)F)c1)=NNC(=O)C(=O)Nc1cccc(C)c1. The lowest BCUT2D eigenvalue weighted by atomic mass is 10.2. The number of halogens is 3. The van der Waals surface area contributed by atoms with E-state index in [0.717, 1.165) is 17.7 Å². The van der Waals surface area contributed by atoms with Crippen molar-refractivity contribution in [3.05, 3.63) is 59.7 Å². The molecule has 2 rings (SSSR count). The van der Waals surface area contributed by atoms with Crippen molar-refractivity contribution in [3.8, 4) is 0 Å². The summed E-state index contributed by atoms with van der Waals surface area (Å²) in [5.41, 5.74) is 2.60. The lowest BCUT2D eigenvalue weighted by Gasteiger charge is -2.10. The molecule has 0 heterocycles. The van der Waals surface area contributed by atoms with E-state index in [4.69, 9.17) is 0 Å². The summed E-state index contributed by atoms with van der Waals surface area (Å²) in [4.78, 5) is 35.6. The molecule has 3 amide bonds. The van der Waals surface area contributed by atoms with Gasteiger partial charge in [0.1, 0.15) is 0 Å². The third kappa shape index (κ3) is 7.04. The first-order valence-electron chi connectivity index (χ1n) is 8.73. The zero-order valence-electron chi connectivity index (χ0n) is 16.1. The van der Waals surface area contributed by atoms with Gasteiger partial charge >= 0.3 is 18.0 Å². The quantitative estimate of drug-likeness (QED) is 0.392. The normalized spacial score (nSPS) is 11.6. The largest absolute Gasteiger partial charge is 0.416 e. The third-order valence-corrected chi connectivity index (χ3v) is 3.72. The van der Waals surface area contributed by atoms with Gasteiger partial charge < -0.3 is 10.6 Å². The van der Waals surface area contributed by atoms with Gasteiger partial charge in [0, 0.05) is 17.1 Å². The standard InChI is InChI=1S/C20H19F3N4O3/c1-12-5-3-7-15(9-12)25-18(29)19(30)27-26-13(2)10-17(28)24-16-8-4-6-14(11-16)20(21,22)23/h3-9,11H,10H2,1-2H3,(H,24,28)(H,25,29)(H,27,30). The van der Waals surface area contributed by atoms with Crippen molar-refractivity contribution in [1.29, 1.82) is 0 Å². The Labute approximate surface area is 170 Å². The average molecular weight is 420 g/mol. The summed E-state index contributed by atoms with van der Waals surface area (Å²) in [5, 5.41) is 8.39. The monoisotopic (exact) mass is 420 g/mol. The van der Waals surface area contributed by atoms with Gasteiger partial charge in [-0.3, -0.25) is 14.4 Å². The van der Waals surface area contributed by atoms with Crippen LogP contribution in [0.5, 0.6) is 0 Å². The number of aryl methyl sites for hydroxylation is 1. The van der Waals surface area contributed by atoms with Gasteiger partial charge in [-0.05, 0) is 49.7 Å². The van der Waals surface area contributed by atoms with E-state index in [9.17, 15) is 27.6 Å². The van der Waals surface area contributed by atoms with Crippen LogP contribution in [0.3, 0.4) is 0 Å². The second kappa shape index (κ2) is 9.68. The number of hydrazone groups is 1. The molecule has 0 atom stereocenters. The Bertz CT molecular complexity index is 987. The lowest BCUT2D eigenvalue weighted by molar-refractivity contribution is -0.137. The first-order valence-corrected chi connectivity index (χ1v) is 8.73. The Morgan fingerprint density at radius 3 is 2.20 bits per heavy atom. The van der Waals surface area contributed by atoms with Crippen LogP contribution in [0.15, 0.2) is 53.6 Å². The number of anilines is 2. The van der Waals surface area contributed by atoms with Crippen molar-refractivity contribution >= 4 is 34.8 Å². The minimum absolute atomic E-state index is 0.0239. The van der Waals surface area contributed by atoms with Crippen molar-refractivity contribution in [1.82, 2.24) is 5.43 Å². The van der Waals surface area contributed by atoms with Crippen LogP contribution < -0.4 is 16.1 Å². The van der Waals surface area contributed by atoms with Gasteiger partial charge in [0.2, 0.25) is 5.91 Å². The number of nitrogens with one attached hydrogen (secondary N) is 3. The van der Waals surface area contributed by atoms with Crippen molar-refractivity contribution in [2.75, 3.05) is 10.6 Å². The molecule has 0 fully saturated rings. The molecule has 0 aliphatic carbocycles. The molecular weight excluding hydrogens is 401 g/mol. The zero-order valence-corrected chi connectivity index (χ0v) is 16.1. The fourth-order valence-electron chi connectivity index (χ4n) is 2.36. The summed E-state index contributed by atoms with van der Waals surface area (Å²) in [6, 6.07) is 11.0. The van der Waals surface area contributed by atoms with E-state index in [1.165, 1.54) is 19.1 Å². The molecule has 3 N–H and O–H groups in total. The van der Waals surface area contributed by atoms with Crippen LogP contribution >= 0.6 is 0 Å². The number of hydrogen-bond donors (Lipinski definition) is 3. The van der Waals surface area contributed by atoms with E-state index < -0.39 is 29.5 Å².